The Morgan fingerprint density at radius 2 is 1.69 bits per heavy atom. The number of nitrogens with two attached hydrogens (primary N) is 1. The van der Waals surface area contributed by atoms with Crippen LogP contribution in [0.3, 0.4) is 0 Å². The topological polar surface area (TPSA) is 98.6 Å². The van der Waals surface area contributed by atoms with E-state index >= 15 is 0 Å². The number of nitrogen functional groups attached to an aromatic ring is 1. The largest absolute Gasteiger partial charge is 0.480 e. The number of rotatable bonds is 5. The van der Waals surface area contributed by atoms with Crippen molar-refractivity contribution in [3.05, 3.63) is 113 Å². The smallest absolute Gasteiger partial charge is 0.345 e. The summed E-state index contributed by atoms with van der Waals surface area (Å²) in [7, 11) is 0. The molecule has 0 saturated carbocycles. The van der Waals surface area contributed by atoms with Crippen LogP contribution in [0.15, 0.2) is 96.7 Å². The zero-order valence-corrected chi connectivity index (χ0v) is 20.5. The van der Waals surface area contributed by atoms with Crippen molar-refractivity contribution in [3.63, 3.8) is 0 Å². The first kappa shape index (κ1) is 23.6. The Labute approximate surface area is 213 Å². The van der Waals surface area contributed by atoms with E-state index in [0.717, 1.165) is 5.39 Å². The van der Waals surface area contributed by atoms with Crippen LogP contribution < -0.4 is 10.3 Å². The predicted octanol–water partition coefficient (Wildman–Crippen LogP) is 5.21. The highest BCUT2D eigenvalue weighted by molar-refractivity contribution is 6.30. The molecule has 2 atom stereocenters. The van der Waals surface area contributed by atoms with Crippen molar-refractivity contribution in [2.24, 2.45) is 0 Å². The fourth-order valence-corrected chi connectivity index (χ4v) is 4.71. The number of ether oxygens (including phenoxy) is 2. The Bertz CT molecular complexity index is 1470. The second-order valence-corrected chi connectivity index (χ2v) is 9.50. The fourth-order valence-electron chi connectivity index (χ4n) is 4.58. The maximum absolute atomic E-state index is 13.3. The molecule has 2 aromatic heterocycles. The molecule has 3 heterocycles. The van der Waals surface area contributed by atoms with Crippen LogP contribution in [0.2, 0.25) is 5.02 Å². The molecule has 5 rings (SSSR count). The molecule has 0 bridgehead atoms. The summed E-state index contributed by atoms with van der Waals surface area (Å²) in [5.74, 6) is -3.24. The van der Waals surface area contributed by atoms with Crippen molar-refractivity contribution < 1.29 is 23.9 Å². The van der Waals surface area contributed by atoms with Gasteiger partial charge in [0.2, 0.25) is 6.04 Å². The number of hydrogen-bond donors (Lipinski definition) is 2. The standard InChI is InChI=1S/C28H24ClN3O4/c1-28(2)35-26(33)24(27(34)36-28)23(17-10-12-18(29)13-11-17)25(32-14-6-3-7-15-32)22-16-20(30)19-8-4-5-9-21(19)31-22/h3-16,23,25H,1-2H3,(H2-,30,31,33,34)/p+1. The maximum atomic E-state index is 13.3. The van der Waals surface area contributed by atoms with Gasteiger partial charge in [-0.2, -0.15) is 4.57 Å². The van der Waals surface area contributed by atoms with Gasteiger partial charge < -0.3 is 20.3 Å². The van der Waals surface area contributed by atoms with Gasteiger partial charge in [-0.15, -0.1) is 0 Å². The number of benzene rings is 2. The molecule has 1 aliphatic heterocycles. The number of halogens is 1. The molecule has 3 N–H and O–H groups in total. The lowest BCUT2D eigenvalue weighted by molar-refractivity contribution is -0.716. The van der Waals surface area contributed by atoms with E-state index in [2.05, 4.69) is 0 Å². The van der Waals surface area contributed by atoms with E-state index in [4.69, 9.17) is 31.8 Å². The van der Waals surface area contributed by atoms with E-state index < -0.39 is 29.7 Å². The Morgan fingerprint density at radius 3 is 2.39 bits per heavy atom. The summed E-state index contributed by atoms with van der Waals surface area (Å²) in [5.41, 5.74) is 9.00. The van der Waals surface area contributed by atoms with Gasteiger partial charge in [-0.25, -0.2) is 9.78 Å². The molecule has 4 aromatic rings. The SMILES string of the molecule is CC1(C)OC(=O)C(C(c2ccc(Cl)cc2)C(c2cc(N)c3ccccc3n2)[n+]2ccccc2)=C(O)O1. The highest BCUT2D eigenvalue weighted by Crippen LogP contribution is 2.42. The zero-order chi connectivity index (χ0) is 25.4. The average Bonchev–Trinajstić information content (AvgIpc) is 2.83. The molecule has 0 amide bonds. The van der Waals surface area contributed by atoms with Crippen molar-refractivity contribution >= 4 is 34.2 Å². The van der Waals surface area contributed by atoms with E-state index in [1.54, 1.807) is 44.2 Å². The third-order valence-electron chi connectivity index (χ3n) is 6.12. The van der Waals surface area contributed by atoms with Gasteiger partial charge in [-0.3, -0.25) is 0 Å². The molecule has 182 valence electrons. The van der Waals surface area contributed by atoms with E-state index in [-0.39, 0.29) is 5.57 Å². The Balaban J connectivity index is 1.80. The average molecular weight is 503 g/mol. The molecule has 8 heteroatoms. The van der Waals surface area contributed by atoms with Crippen molar-refractivity contribution in [3.8, 4) is 0 Å². The van der Waals surface area contributed by atoms with Gasteiger partial charge in [-0.05, 0) is 29.8 Å². The minimum atomic E-state index is -1.31. The lowest BCUT2D eigenvalue weighted by Crippen LogP contribution is -2.46. The second-order valence-electron chi connectivity index (χ2n) is 9.06. The van der Waals surface area contributed by atoms with Crippen LogP contribution in [0.5, 0.6) is 0 Å². The summed E-state index contributed by atoms with van der Waals surface area (Å²) in [6.07, 6.45) is 3.74. The van der Waals surface area contributed by atoms with Gasteiger partial charge in [0.1, 0.15) is 11.3 Å². The minimum absolute atomic E-state index is 0.0217. The summed E-state index contributed by atoms with van der Waals surface area (Å²) in [6.45, 7) is 3.12. The number of anilines is 1. The number of aromatic nitrogens is 2. The molecular weight excluding hydrogens is 478 g/mol. The van der Waals surface area contributed by atoms with Crippen LogP contribution in [-0.4, -0.2) is 21.8 Å². The Kier molecular flexibility index (Phi) is 6.02. The minimum Gasteiger partial charge on any atom is -0.480 e. The number of carbonyl (C=O) groups excluding carboxylic acids is 1. The van der Waals surface area contributed by atoms with Gasteiger partial charge in [0.15, 0.2) is 12.4 Å². The van der Waals surface area contributed by atoms with Gasteiger partial charge in [-0.1, -0.05) is 48.0 Å². The molecule has 0 radical (unpaired) electrons. The number of carbonyl (C=O) groups is 1. The van der Waals surface area contributed by atoms with Crippen LogP contribution >= 0.6 is 11.6 Å². The molecule has 0 spiro atoms. The summed E-state index contributed by atoms with van der Waals surface area (Å²) >= 11 is 6.18. The zero-order valence-electron chi connectivity index (χ0n) is 19.8. The highest BCUT2D eigenvalue weighted by atomic mass is 35.5. The Morgan fingerprint density at radius 1 is 1.00 bits per heavy atom. The fraction of sp³-hybridized carbons (Fsp3) is 0.179. The number of hydrogen-bond acceptors (Lipinski definition) is 6. The van der Waals surface area contributed by atoms with E-state index in [9.17, 15) is 9.90 Å². The number of cyclic esters (lactones) is 1. The number of esters is 1. The lowest BCUT2D eigenvalue weighted by Gasteiger charge is -2.34. The summed E-state index contributed by atoms with van der Waals surface area (Å²) in [6, 6.07) is 21.5. The van der Waals surface area contributed by atoms with E-state index in [0.29, 0.717) is 27.5 Å². The van der Waals surface area contributed by atoms with Crippen molar-refractivity contribution in [2.75, 3.05) is 5.73 Å². The predicted molar refractivity (Wildman–Crippen MR) is 136 cm³/mol. The Hall–Kier alpha value is -4.10. The maximum Gasteiger partial charge on any atom is 0.345 e. The normalized spacial score (nSPS) is 16.8. The van der Waals surface area contributed by atoms with Crippen molar-refractivity contribution in [1.82, 2.24) is 4.98 Å². The summed E-state index contributed by atoms with van der Waals surface area (Å²) < 4.78 is 13.1. The van der Waals surface area contributed by atoms with Crippen molar-refractivity contribution in [1.29, 1.82) is 0 Å². The molecule has 0 aliphatic carbocycles. The molecule has 0 fully saturated rings. The van der Waals surface area contributed by atoms with E-state index in [1.165, 1.54) is 0 Å². The number of fused-ring (bicyclic) bond motifs is 1. The molecule has 2 aromatic carbocycles. The first-order valence-corrected chi connectivity index (χ1v) is 11.8. The quantitative estimate of drug-likeness (QED) is 0.287. The van der Waals surface area contributed by atoms with Crippen LogP contribution in [0.25, 0.3) is 10.9 Å². The number of aliphatic hydroxyl groups excluding tert-OH is 1. The van der Waals surface area contributed by atoms with Crippen molar-refractivity contribution in [2.45, 2.75) is 31.6 Å². The molecule has 0 saturated heterocycles. The lowest BCUT2D eigenvalue weighted by atomic mass is 9.82. The molecule has 2 unspecified atom stereocenters. The molecule has 7 nitrogen and oxygen atoms in total. The molecule has 1 aliphatic rings. The monoisotopic (exact) mass is 502 g/mol. The molecular formula is C28H25ClN3O4+. The van der Waals surface area contributed by atoms with Crippen LogP contribution in [0, 0.1) is 0 Å². The van der Waals surface area contributed by atoms with Gasteiger partial charge >= 0.3 is 5.97 Å². The second kappa shape index (κ2) is 9.17. The number of nitrogens with zero attached hydrogens (tertiary/aromatic N) is 2. The summed E-state index contributed by atoms with van der Waals surface area (Å²) in [5, 5.41) is 12.4. The third kappa shape index (κ3) is 4.45. The summed E-state index contributed by atoms with van der Waals surface area (Å²) in [4.78, 5) is 18.3. The van der Waals surface area contributed by atoms with Crippen LogP contribution in [0.4, 0.5) is 5.69 Å². The van der Waals surface area contributed by atoms with Gasteiger partial charge in [0.25, 0.3) is 11.7 Å². The van der Waals surface area contributed by atoms with Crippen LogP contribution in [-0.2, 0) is 14.3 Å². The van der Waals surface area contributed by atoms with Crippen LogP contribution in [0.1, 0.15) is 37.1 Å². The first-order valence-electron chi connectivity index (χ1n) is 11.5. The van der Waals surface area contributed by atoms with Gasteiger partial charge in [0, 0.05) is 42.1 Å². The first-order chi connectivity index (χ1) is 17.2. The number of aliphatic hydroxyl groups is 1. The molecule has 36 heavy (non-hydrogen) atoms. The van der Waals surface area contributed by atoms with E-state index in [1.807, 2.05) is 59.4 Å². The third-order valence-corrected chi connectivity index (χ3v) is 6.37. The number of pyridine rings is 2. The highest BCUT2D eigenvalue weighted by Gasteiger charge is 2.47. The van der Waals surface area contributed by atoms with Gasteiger partial charge in [0.05, 0.1) is 11.4 Å². The number of para-hydroxylation sites is 1.